The molecule has 0 radical (unpaired) electrons. The van der Waals surface area contributed by atoms with E-state index < -0.39 is 10.0 Å². The summed E-state index contributed by atoms with van der Waals surface area (Å²) in [5.41, 5.74) is 0. The average Bonchev–Trinajstić information content (AvgIpc) is 3.17. The lowest BCUT2D eigenvalue weighted by atomic mass is 9.84. The molecule has 4 aliphatic rings. The van der Waals surface area contributed by atoms with Crippen LogP contribution in [0.3, 0.4) is 0 Å². The van der Waals surface area contributed by atoms with E-state index in [1.165, 1.54) is 0 Å². The molecule has 6 rings (SSSR count). The molecule has 7 heteroatoms. The Balaban J connectivity index is 1.35. The van der Waals surface area contributed by atoms with Crippen molar-refractivity contribution in [3.05, 3.63) is 36.4 Å². The van der Waals surface area contributed by atoms with Crippen molar-refractivity contribution in [2.45, 2.75) is 37.0 Å². The van der Waals surface area contributed by atoms with Gasteiger partial charge in [-0.05, 0) is 55.4 Å². The Morgan fingerprint density at radius 3 is 2.38 bits per heavy atom. The van der Waals surface area contributed by atoms with Crippen molar-refractivity contribution in [1.29, 1.82) is 0 Å². The van der Waals surface area contributed by atoms with E-state index >= 15 is 0 Å². The minimum atomic E-state index is -3.53. The summed E-state index contributed by atoms with van der Waals surface area (Å²) in [6, 6.07) is 11.5. The highest BCUT2D eigenvalue weighted by atomic mass is 32.2. The zero-order valence-electron chi connectivity index (χ0n) is 18.8. The van der Waals surface area contributed by atoms with Gasteiger partial charge in [0.25, 0.3) is 0 Å². The standard InChI is InChI=1S/C25H35N3O3S/c29-32(30,28-18-20-6-7-21(19-28)9-8-20)23-16-22-4-1-2-5-24(22)25(17-23)31-15-3-12-27-13-10-26-11-14-27/h1-2,4-5,16-17,20-21,26H,3,6-15,18-19H2. The van der Waals surface area contributed by atoms with E-state index in [-0.39, 0.29) is 0 Å². The Labute approximate surface area is 192 Å². The molecule has 3 heterocycles. The molecule has 3 saturated heterocycles. The number of hydrogen-bond acceptors (Lipinski definition) is 5. The Morgan fingerprint density at radius 1 is 0.969 bits per heavy atom. The fourth-order valence-electron chi connectivity index (χ4n) is 5.51. The highest BCUT2D eigenvalue weighted by molar-refractivity contribution is 7.89. The smallest absolute Gasteiger partial charge is 0.243 e. The van der Waals surface area contributed by atoms with Gasteiger partial charge in [-0.2, -0.15) is 4.31 Å². The number of fused-ring (bicyclic) bond motifs is 5. The molecule has 2 bridgehead atoms. The average molecular weight is 458 g/mol. The molecule has 32 heavy (non-hydrogen) atoms. The van der Waals surface area contributed by atoms with Gasteiger partial charge in [-0.15, -0.1) is 0 Å². The van der Waals surface area contributed by atoms with E-state index in [9.17, 15) is 8.42 Å². The van der Waals surface area contributed by atoms with Crippen LogP contribution in [0, 0.1) is 11.8 Å². The van der Waals surface area contributed by atoms with Gasteiger partial charge < -0.3 is 15.0 Å². The summed E-state index contributed by atoms with van der Waals surface area (Å²) in [7, 11) is -3.53. The van der Waals surface area contributed by atoms with Crippen LogP contribution < -0.4 is 10.1 Å². The molecule has 2 aromatic carbocycles. The van der Waals surface area contributed by atoms with Crippen molar-refractivity contribution in [2.75, 3.05) is 52.4 Å². The number of hydrogen-bond donors (Lipinski definition) is 1. The van der Waals surface area contributed by atoms with Crippen molar-refractivity contribution < 1.29 is 13.2 Å². The third kappa shape index (κ3) is 4.81. The summed E-state index contributed by atoms with van der Waals surface area (Å²) >= 11 is 0. The van der Waals surface area contributed by atoms with Gasteiger partial charge in [0, 0.05) is 57.3 Å². The zero-order chi connectivity index (χ0) is 22.0. The normalized spacial score (nSPS) is 25.1. The number of benzene rings is 2. The van der Waals surface area contributed by atoms with E-state index in [1.54, 1.807) is 10.4 Å². The minimum Gasteiger partial charge on any atom is -0.493 e. The van der Waals surface area contributed by atoms with Crippen LogP contribution in [-0.4, -0.2) is 70.0 Å². The third-order valence-electron chi connectivity index (χ3n) is 7.41. The summed E-state index contributed by atoms with van der Waals surface area (Å²) in [6.45, 7) is 7.16. The van der Waals surface area contributed by atoms with Crippen LogP contribution in [0.1, 0.15) is 32.1 Å². The molecular formula is C25H35N3O3S. The number of nitrogens with zero attached hydrogens (tertiary/aromatic N) is 2. The molecule has 2 aromatic rings. The van der Waals surface area contributed by atoms with Gasteiger partial charge in [0.2, 0.25) is 10.0 Å². The van der Waals surface area contributed by atoms with Gasteiger partial charge in [-0.3, -0.25) is 0 Å². The maximum absolute atomic E-state index is 13.6. The van der Waals surface area contributed by atoms with Gasteiger partial charge in [0.1, 0.15) is 5.75 Å². The van der Waals surface area contributed by atoms with E-state index in [2.05, 4.69) is 10.2 Å². The Hall–Kier alpha value is -1.67. The van der Waals surface area contributed by atoms with Crippen molar-refractivity contribution in [1.82, 2.24) is 14.5 Å². The van der Waals surface area contributed by atoms with Crippen LogP contribution in [0.5, 0.6) is 5.75 Å². The first kappa shape index (κ1) is 22.1. The molecule has 4 fully saturated rings. The lowest BCUT2D eigenvalue weighted by molar-refractivity contribution is 0.214. The molecule has 6 nitrogen and oxygen atoms in total. The molecule has 0 unspecified atom stereocenters. The monoisotopic (exact) mass is 457 g/mol. The molecule has 1 saturated carbocycles. The maximum Gasteiger partial charge on any atom is 0.243 e. The second-order valence-corrected chi connectivity index (χ2v) is 11.6. The minimum absolute atomic E-state index is 0.370. The largest absolute Gasteiger partial charge is 0.493 e. The molecule has 0 amide bonds. The molecule has 1 aliphatic carbocycles. The molecular weight excluding hydrogens is 422 g/mol. The molecule has 0 atom stereocenters. The maximum atomic E-state index is 13.6. The second kappa shape index (κ2) is 9.67. The van der Waals surface area contributed by atoms with Gasteiger partial charge in [0.05, 0.1) is 11.5 Å². The second-order valence-electron chi connectivity index (χ2n) is 9.64. The SMILES string of the molecule is O=S(=O)(c1cc(OCCCN2CCNCC2)c2ccccc2c1)N1CC2CCC(CC2)C1. The van der Waals surface area contributed by atoms with Crippen molar-refractivity contribution in [3.8, 4) is 5.75 Å². The van der Waals surface area contributed by atoms with Gasteiger partial charge in [0.15, 0.2) is 0 Å². The fraction of sp³-hybridized carbons (Fsp3) is 0.600. The third-order valence-corrected chi connectivity index (χ3v) is 9.22. The van der Waals surface area contributed by atoms with E-state index in [0.717, 1.165) is 75.6 Å². The summed E-state index contributed by atoms with van der Waals surface area (Å²) in [5, 5.41) is 5.27. The molecule has 174 valence electrons. The summed E-state index contributed by atoms with van der Waals surface area (Å²) in [6.07, 6.45) is 5.58. The number of sulfonamides is 1. The van der Waals surface area contributed by atoms with E-state index in [0.29, 0.717) is 42.2 Å². The van der Waals surface area contributed by atoms with Gasteiger partial charge in [-0.1, -0.05) is 24.3 Å². The van der Waals surface area contributed by atoms with Gasteiger partial charge >= 0.3 is 0 Å². The number of ether oxygens (including phenoxy) is 1. The van der Waals surface area contributed by atoms with Crippen LogP contribution in [-0.2, 0) is 10.0 Å². The first-order valence-electron chi connectivity index (χ1n) is 12.2. The van der Waals surface area contributed by atoms with E-state index in [1.807, 2.05) is 30.3 Å². The van der Waals surface area contributed by atoms with Crippen LogP contribution in [0.25, 0.3) is 10.8 Å². The van der Waals surface area contributed by atoms with Crippen LogP contribution in [0.15, 0.2) is 41.3 Å². The lowest BCUT2D eigenvalue weighted by Gasteiger charge is -2.27. The Bertz CT molecular complexity index is 1010. The summed E-state index contributed by atoms with van der Waals surface area (Å²) in [4.78, 5) is 2.82. The Morgan fingerprint density at radius 2 is 1.66 bits per heavy atom. The molecule has 1 N–H and O–H groups in total. The summed E-state index contributed by atoms with van der Waals surface area (Å²) < 4.78 is 35.2. The van der Waals surface area contributed by atoms with Crippen LogP contribution in [0.4, 0.5) is 0 Å². The quantitative estimate of drug-likeness (QED) is 0.647. The first-order chi connectivity index (χ1) is 15.6. The molecule has 0 aromatic heterocycles. The number of rotatable bonds is 7. The predicted octanol–water partition coefficient (Wildman–Crippen LogP) is 3.32. The lowest BCUT2D eigenvalue weighted by Crippen LogP contribution is -2.43. The molecule has 3 aliphatic heterocycles. The van der Waals surface area contributed by atoms with Gasteiger partial charge in [-0.25, -0.2) is 8.42 Å². The fourth-order valence-corrected chi connectivity index (χ4v) is 7.16. The Kier molecular flexibility index (Phi) is 6.69. The zero-order valence-corrected chi connectivity index (χ0v) is 19.7. The topological polar surface area (TPSA) is 61.9 Å². The first-order valence-corrected chi connectivity index (χ1v) is 13.6. The highest BCUT2D eigenvalue weighted by Crippen LogP contribution is 2.37. The highest BCUT2D eigenvalue weighted by Gasteiger charge is 2.36. The predicted molar refractivity (Wildman–Crippen MR) is 128 cm³/mol. The summed E-state index contributed by atoms with van der Waals surface area (Å²) in [5.74, 6) is 1.69. The van der Waals surface area contributed by atoms with Crippen molar-refractivity contribution >= 4 is 20.8 Å². The van der Waals surface area contributed by atoms with Crippen LogP contribution >= 0.6 is 0 Å². The number of piperazine rings is 1. The van der Waals surface area contributed by atoms with Crippen LogP contribution in [0.2, 0.25) is 0 Å². The number of nitrogens with one attached hydrogen (secondary N) is 1. The van der Waals surface area contributed by atoms with Crippen molar-refractivity contribution in [3.63, 3.8) is 0 Å². The molecule has 0 spiro atoms. The van der Waals surface area contributed by atoms with E-state index in [4.69, 9.17) is 4.74 Å². The van der Waals surface area contributed by atoms with Crippen molar-refractivity contribution in [2.24, 2.45) is 11.8 Å².